The summed E-state index contributed by atoms with van der Waals surface area (Å²) in [7, 11) is 0. The van der Waals surface area contributed by atoms with Gasteiger partial charge in [0.2, 0.25) is 0 Å². The van der Waals surface area contributed by atoms with Gasteiger partial charge in [-0.1, -0.05) is 48.0 Å². The zero-order valence-electron chi connectivity index (χ0n) is 19.8. The van der Waals surface area contributed by atoms with E-state index in [0.29, 0.717) is 54.4 Å². The molecule has 0 saturated carbocycles. The molecule has 1 saturated heterocycles. The second kappa shape index (κ2) is 10.2. The third-order valence-corrected chi connectivity index (χ3v) is 7.86. The molecule has 0 bridgehead atoms. The van der Waals surface area contributed by atoms with Crippen molar-refractivity contribution in [3.05, 3.63) is 87.4 Å². The molecule has 9 heteroatoms. The van der Waals surface area contributed by atoms with Crippen molar-refractivity contribution in [2.75, 3.05) is 19.6 Å². The molecule has 0 unspecified atom stereocenters. The van der Waals surface area contributed by atoms with Gasteiger partial charge in [-0.25, -0.2) is 4.98 Å². The van der Waals surface area contributed by atoms with Crippen LogP contribution in [0.25, 0.3) is 20.7 Å². The fourth-order valence-corrected chi connectivity index (χ4v) is 5.50. The van der Waals surface area contributed by atoms with Gasteiger partial charge in [0.15, 0.2) is 0 Å². The molecule has 0 aliphatic carbocycles. The van der Waals surface area contributed by atoms with Crippen molar-refractivity contribution in [1.82, 2.24) is 19.4 Å². The smallest absolute Gasteiger partial charge is 0.312 e. The summed E-state index contributed by atoms with van der Waals surface area (Å²) in [5.74, 6) is -0.871. The summed E-state index contributed by atoms with van der Waals surface area (Å²) in [5, 5.41) is 0.673. The Kier molecular flexibility index (Phi) is 6.89. The van der Waals surface area contributed by atoms with Gasteiger partial charge in [0, 0.05) is 42.6 Å². The Morgan fingerprint density at radius 1 is 0.917 bits per heavy atom. The molecule has 1 aliphatic rings. The summed E-state index contributed by atoms with van der Waals surface area (Å²) < 4.78 is 2.29. The normalized spacial score (nSPS) is 14.2. The van der Waals surface area contributed by atoms with Crippen LogP contribution in [-0.2, 0) is 29.1 Å². The van der Waals surface area contributed by atoms with Crippen molar-refractivity contribution in [2.24, 2.45) is 0 Å². The van der Waals surface area contributed by atoms with E-state index in [1.54, 1.807) is 20.7 Å². The van der Waals surface area contributed by atoms with Crippen LogP contribution >= 0.6 is 22.9 Å². The molecular weight excluding hydrogens is 496 g/mol. The van der Waals surface area contributed by atoms with Gasteiger partial charge in [-0.3, -0.25) is 19.0 Å². The largest absolute Gasteiger partial charge is 0.333 e. The standard InChI is InChI=1S/C27H25ClN4O3S/c1-2-30-13-14-31(27(35)26(30)34)16-19-5-3-18(4-6-19)11-12-32-17-29-22-15-23(36-24(22)25(32)33)20-7-9-21(28)10-8-20/h3-10,15,17H,2,11-14,16H2,1H3. The third-order valence-electron chi connectivity index (χ3n) is 6.45. The SMILES string of the molecule is CCN1CCN(Cc2ccc(CCn3cnc4cc(-c5ccc(Cl)cc5)sc4c3=O)cc2)C(=O)C1=O. The second-order valence-electron chi connectivity index (χ2n) is 8.75. The van der Waals surface area contributed by atoms with Crippen molar-refractivity contribution in [3.8, 4) is 10.4 Å². The minimum Gasteiger partial charge on any atom is -0.333 e. The highest BCUT2D eigenvalue weighted by molar-refractivity contribution is 7.22. The van der Waals surface area contributed by atoms with E-state index in [0.717, 1.165) is 21.6 Å². The van der Waals surface area contributed by atoms with Crippen LogP contribution in [0.1, 0.15) is 18.1 Å². The van der Waals surface area contributed by atoms with E-state index in [-0.39, 0.29) is 5.56 Å². The Labute approximate surface area is 217 Å². The van der Waals surface area contributed by atoms with E-state index < -0.39 is 11.8 Å². The number of aromatic nitrogens is 2. The van der Waals surface area contributed by atoms with Crippen LogP contribution in [-0.4, -0.2) is 50.8 Å². The number of rotatable bonds is 7. The highest BCUT2D eigenvalue weighted by Crippen LogP contribution is 2.31. The number of halogens is 1. The van der Waals surface area contributed by atoms with Crippen LogP contribution in [0.2, 0.25) is 5.02 Å². The molecule has 5 rings (SSSR count). The summed E-state index contributed by atoms with van der Waals surface area (Å²) in [5.41, 5.74) is 3.71. The van der Waals surface area contributed by atoms with Crippen LogP contribution in [0.15, 0.2) is 65.7 Å². The minimum atomic E-state index is -0.442. The number of thiophene rings is 1. The van der Waals surface area contributed by atoms with E-state index in [1.165, 1.54) is 11.3 Å². The van der Waals surface area contributed by atoms with E-state index in [9.17, 15) is 14.4 Å². The zero-order valence-corrected chi connectivity index (χ0v) is 21.4. The Hall–Kier alpha value is -3.49. The molecule has 2 aromatic carbocycles. The van der Waals surface area contributed by atoms with Crippen LogP contribution < -0.4 is 5.56 Å². The second-order valence-corrected chi connectivity index (χ2v) is 10.2. The number of likely N-dealkylation sites (N-methyl/N-ethyl adjacent to an activating group) is 1. The summed E-state index contributed by atoms with van der Waals surface area (Å²) in [6, 6.07) is 17.4. The van der Waals surface area contributed by atoms with Gasteiger partial charge in [-0.2, -0.15) is 0 Å². The Morgan fingerprint density at radius 2 is 1.58 bits per heavy atom. The Morgan fingerprint density at radius 3 is 2.31 bits per heavy atom. The first kappa shape index (κ1) is 24.2. The maximum atomic E-state index is 13.1. The molecule has 2 aromatic heterocycles. The van der Waals surface area contributed by atoms with Crippen molar-refractivity contribution in [2.45, 2.75) is 26.4 Å². The number of carbonyl (C=O) groups is 2. The van der Waals surface area contributed by atoms with E-state index in [2.05, 4.69) is 4.98 Å². The van der Waals surface area contributed by atoms with Gasteiger partial charge in [-0.05, 0) is 48.2 Å². The molecule has 2 amide bonds. The van der Waals surface area contributed by atoms with Crippen LogP contribution in [0.4, 0.5) is 0 Å². The first-order valence-corrected chi connectivity index (χ1v) is 13.0. The molecule has 7 nitrogen and oxygen atoms in total. The molecule has 4 aromatic rings. The predicted molar refractivity (Wildman–Crippen MR) is 142 cm³/mol. The number of nitrogens with zero attached hydrogens (tertiary/aromatic N) is 4. The average molecular weight is 521 g/mol. The van der Waals surface area contributed by atoms with Gasteiger partial charge in [0.05, 0.1) is 11.8 Å². The number of aryl methyl sites for hydroxylation is 2. The number of carbonyl (C=O) groups excluding carboxylic acids is 2. The first-order valence-electron chi connectivity index (χ1n) is 11.8. The minimum absolute atomic E-state index is 0.0452. The van der Waals surface area contributed by atoms with Gasteiger partial charge < -0.3 is 9.80 Å². The van der Waals surface area contributed by atoms with Crippen LogP contribution in [0, 0.1) is 0 Å². The van der Waals surface area contributed by atoms with Gasteiger partial charge in [0.1, 0.15) is 4.70 Å². The summed E-state index contributed by atoms with van der Waals surface area (Å²) in [6.07, 6.45) is 2.28. The monoisotopic (exact) mass is 520 g/mol. The van der Waals surface area contributed by atoms with Crippen LogP contribution in [0.5, 0.6) is 0 Å². The van der Waals surface area contributed by atoms with Crippen molar-refractivity contribution in [3.63, 3.8) is 0 Å². The molecule has 3 heterocycles. The number of hydrogen-bond acceptors (Lipinski definition) is 5. The molecule has 1 aliphatic heterocycles. The van der Waals surface area contributed by atoms with E-state index in [4.69, 9.17) is 11.6 Å². The lowest BCUT2D eigenvalue weighted by atomic mass is 10.1. The molecular formula is C27H25ClN4O3S. The molecule has 0 N–H and O–H groups in total. The van der Waals surface area contributed by atoms with Gasteiger partial charge >= 0.3 is 11.8 Å². The van der Waals surface area contributed by atoms with E-state index >= 15 is 0 Å². The lowest BCUT2D eigenvalue weighted by Crippen LogP contribution is -2.53. The van der Waals surface area contributed by atoms with Crippen molar-refractivity contribution < 1.29 is 9.59 Å². The average Bonchev–Trinajstić information content (AvgIpc) is 3.33. The maximum Gasteiger partial charge on any atom is 0.312 e. The fourth-order valence-electron chi connectivity index (χ4n) is 4.31. The lowest BCUT2D eigenvalue weighted by molar-refractivity contribution is -0.156. The predicted octanol–water partition coefficient (Wildman–Crippen LogP) is 4.21. The number of hydrogen-bond donors (Lipinski definition) is 0. The lowest BCUT2D eigenvalue weighted by Gasteiger charge is -2.33. The molecule has 0 radical (unpaired) electrons. The van der Waals surface area contributed by atoms with Crippen molar-refractivity contribution in [1.29, 1.82) is 0 Å². The maximum absolute atomic E-state index is 13.1. The zero-order chi connectivity index (χ0) is 25.2. The van der Waals surface area contributed by atoms with Crippen LogP contribution in [0.3, 0.4) is 0 Å². The number of amides is 2. The summed E-state index contributed by atoms with van der Waals surface area (Å²) >= 11 is 7.43. The fraction of sp³-hybridized carbons (Fsp3) is 0.259. The van der Waals surface area contributed by atoms with E-state index in [1.807, 2.05) is 61.5 Å². The topological polar surface area (TPSA) is 75.5 Å². The number of fused-ring (bicyclic) bond motifs is 1. The van der Waals surface area contributed by atoms with Crippen molar-refractivity contribution >= 4 is 45.0 Å². The molecule has 36 heavy (non-hydrogen) atoms. The summed E-state index contributed by atoms with van der Waals surface area (Å²) in [6.45, 7) is 4.46. The van der Waals surface area contributed by atoms with Gasteiger partial charge in [-0.15, -0.1) is 11.3 Å². The molecule has 0 spiro atoms. The third kappa shape index (κ3) is 4.92. The molecule has 184 valence electrons. The van der Waals surface area contributed by atoms with Gasteiger partial charge in [0.25, 0.3) is 5.56 Å². The first-order chi connectivity index (χ1) is 17.4. The highest BCUT2D eigenvalue weighted by atomic mass is 35.5. The summed E-state index contributed by atoms with van der Waals surface area (Å²) in [4.78, 5) is 46.2. The Balaban J connectivity index is 1.24. The Bertz CT molecular complexity index is 1480. The number of piperazine rings is 1. The molecule has 0 atom stereocenters. The quantitative estimate of drug-likeness (QED) is 0.342. The number of benzene rings is 2. The highest BCUT2D eigenvalue weighted by Gasteiger charge is 2.31. The molecule has 1 fully saturated rings.